The summed E-state index contributed by atoms with van der Waals surface area (Å²) < 4.78 is 10.6. The maximum absolute atomic E-state index is 12.4. The number of hydrogen-bond donors (Lipinski definition) is 1. The van der Waals surface area contributed by atoms with E-state index in [4.69, 9.17) is 8.94 Å². The highest BCUT2D eigenvalue weighted by atomic mass is 16.5. The van der Waals surface area contributed by atoms with Crippen LogP contribution < -0.4 is 5.32 Å². The van der Waals surface area contributed by atoms with Crippen LogP contribution in [0, 0.1) is 0 Å². The number of nitrogens with zero attached hydrogens (tertiary/aromatic N) is 1. The number of unbranched alkanes of at least 4 members (excludes halogenated alkanes) is 2. The Bertz CT molecular complexity index is 597. The number of aromatic nitrogens is 1. The lowest BCUT2D eigenvalue weighted by Gasteiger charge is -2.12. The molecule has 1 fully saturated rings. The molecule has 3 rings (SSSR count). The van der Waals surface area contributed by atoms with E-state index in [1.807, 2.05) is 12.1 Å². The van der Waals surface area contributed by atoms with Crippen molar-refractivity contribution in [1.82, 2.24) is 10.5 Å². The molecule has 21 heavy (non-hydrogen) atoms. The van der Waals surface area contributed by atoms with Crippen LogP contribution in [-0.2, 0) is 10.2 Å². The average Bonchev–Trinajstić information content (AvgIpc) is 2.94. The van der Waals surface area contributed by atoms with Gasteiger partial charge in [-0.25, -0.2) is 0 Å². The third-order valence-corrected chi connectivity index (χ3v) is 4.02. The molecule has 0 aromatic carbocycles. The van der Waals surface area contributed by atoms with Gasteiger partial charge < -0.3 is 14.3 Å². The third-order valence-electron chi connectivity index (χ3n) is 4.02. The van der Waals surface area contributed by atoms with Crippen molar-refractivity contribution in [1.29, 1.82) is 0 Å². The van der Waals surface area contributed by atoms with Crippen LogP contribution in [0.15, 0.2) is 33.4 Å². The Morgan fingerprint density at radius 3 is 2.90 bits per heavy atom. The number of carbonyl (C=O) groups is 1. The largest absolute Gasteiger partial charge is 0.461 e. The van der Waals surface area contributed by atoms with E-state index in [1.165, 1.54) is 0 Å². The highest BCUT2D eigenvalue weighted by molar-refractivity contribution is 5.90. The molecule has 0 atom stereocenters. The van der Waals surface area contributed by atoms with Crippen molar-refractivity contribution in [3.05, 3.63) is 30.2 Å². The van der Waals surface area contributed by atoms with Crippen molar-refractivity contribution in [2.45, 2.75) is 44.4 Å². The topological polar surface area (TPSA) is 68.3 Å². The van der Waals surface area contributed by atoms with E-state index in [2.05, 4.69) is 17.4 Å². The normalized spacial score (nSPS) is 15.9. The lowest BCUT2D eigenvalue weighted by atomic mass is 10.0. The minimum absolute atomic E-state index is 0.0675. The third kappa shape index (κ3) is 2.73. The van der Waals surface area contributed by atoms with Crippen LogP contribution in [0.4, 0.5) is 0 Å². The zero-order chi connectivity index (χ0) is 14.7. The van der Waals surface area contributed by atoms with Crippen molar-refractivity contribution >= 4 is 5.91 Å². The summed E-state index contributed by atoms with van der Waals surface area (Å²) in [4.78, 5) is 12.4. The highest BCUT2D eigenvalue weighted by Gasteiger charge is 2.53. The molecule has 0 unspecified atom stereocenters. The Balaban J connectivity index is 1.67. The summed E-state index contributed by atoms with van der Waals surface area (Å²) in [6.07, 6.45) is 6.56. The minimum Gasteiger partial charge on any atom is -0.461 e. The number of rotatable bonds is 7. The molecule has 0 bridgehead atoms. The average molecular weight is 288 g/mol. The Labute approximate surface area is 123 Å². The van der Waals surface area contributed by atoms with Crippen molar-refractivity contribution in [3.8, 4) is 11.5 Å². The Kier molecular flexibility index (Phi) is 3.82. The maximum atomic E-state index is 12.4. The van der Waals surface area contributed by atoms with Gasteiger partial charge in [0.05, 0.1) is 17.4 Å². The molecule has 2 aromatic heterocycles. The Morgan fingerprint density at radius 2 is 2.24 bits per heavy atom. The first-order valence-corrected chi connectivity index (χ1v) is 7.55. The minimum atomic E-state index is -0.486. The number of carbonyl (C=O) groups excluding carboxylic acids is 1. The Morgan fingerprint density at radius 1 is 1.38 bits per heavy atom. The molecule has 2 aromatic rings. The van der Waals surface area contributed by atoms with Crippen molar-refractivity contribution in [2.24, 2.45) is 0 Å². The van der Waals surface area contributed by atoms with Crippen LogP contribution in [0.2, 0.25) is 0 Å². The van der Waals surface area contributed by atoms with Crippen LogP contribution >= 0.6 is 0 Å². The molecule has 0 radical (unpaired) electrons. The first kappa shape index (κ1) is 13.9. The molecule has 1 amide bonds. The molecule has 1 saturated carbocycles. The second-order valence-corrected chi connectivity index (χ2v) is 5.60. The molecule has 1 N–H and O–H groups in total. The molecule has 1 aliphatic carbocycles. The molecule has 2 heterocycles. The van der Waals surface area contributed by atoms with Crippen LogP contribution in [0.5, 0.6) is 0 Å². The molecule has 5 nitrogen and oxygen atoms in total. The van der Waals surface area contributed by atoms with Crippen LogP contribution in [0.1, 0.15) is 44.7 Å². The molecule has 0 spiro atoms. The fourth-order valence-electron chi connectivity index (χ4n) is 2.51. The van der Waals surface area contributed by atoms with Gasteiger partial charge in [0.2, 0.25) is 11.7 Å². The fourth-order valence-corrected chi connectivity index (χ4v) is 2.51. The number of nitrogens with one attached hydrogen (secondary N) is 1. The van der Waals surface area contributed by atoms with Gasteiger partial charge in [0.15, 0.2) is 5.76 Å². The van der Waals surface area contributed by atoms with E-state index >= 15 is 0 Å². The SMILES string of the molecule is CCCCCNC(=O)C1(c2cc(-c3ccco3)on2)CC1. The molecule has 0 aliphatic heterocycles. The van der Waals surface area contributed by atoms with Gasteiger partial charge in [-0.2, -0.15) is 0 Å². The lowest BCUT2D eigenvalue weighted by molar-refractivity contribution is -0.123. The monoisotopic (exact) mass is 288 g/mol. The van der Waals surface area contributed by atoms with Gasteiger partial charge >= 0.3 is 0 Å². The van der Waals surface area contributed by atoms with E-state index in [0.717, 1.165) is 38.6 Å². The standard InChI is InChI=1S/C16H20N2O3/c1-2-3-4-9-17-15(19)16(7-8-16)14-11-13(21-18-14)12-6-5-10-20-12/h5-6,10-11H,2-4,7-9H2,1H3,(H,17,19). The van der Waals surface area contributed by atoms with E-state index in [0.29, 0.717) is 17.2 Å². The second kappa shape index (κ2) is 5.76. The van der Waals surface area contributed by atoms with Crippen molar-refractivity contribution < 1.29 is 13.7 Å². The molecule has 0 saturated heterocycles. The molecule has 5 heteroatoms. The maximum Gasteiger partial charge on any atom is 0.232 e. The van der Waals surface area contributed by atoms with Gasteiger partial charge in [-0.15, -0.1) is 0 Å². The summed E-state index contributed by atoms with van der Waals surface area (Å²) in [7, 11) is 0. The fraction of sp³-hybridized carbons (Fsp3) is 0.500. The predicted molar refractivity (Wildman–Crippen MR) is 77.7 cm³/mol. The summed E-state index contributed by atoms with van der Waals surface area (Å²) in [6.45, 7) is 2.88. The first-order chi connectivity index (χ1) is 10.3. The van der Waals surface area contributed by atoms with Crippen molar-refractivity contribution in [3.63, 3.8) is 0 Å². The summed E-state index contributed by atoms with van der Waals surface area (Å²) in [5.41, 5.74) is 0.225. The van der Waals surface area contributed by atoms with E-state index < -0.39 is 5.41 Å². The van der Waals surface area contributed by atoms with Gasteiger partial charge in [-0.05, 0) is 31.4 Å². The van der Waals surface area contributed by atoms with Gasteiger partial charge in [-0.1, -0.05) is 24.9 Å². The van der Waals surface area contributed by atoms with Gasteiger partial charge in [0.1, 0.15) is 0 Å². The van der Waals surface area contributed by atoms with Crippen molar-refractivity contribution in [2.75, 3.05) is 6.54 Å². The summed E-state index contributed by atoms with van der Waals surface area (Å²) in [6, 6.07) is 5.43. The molecular formula is C16H20N2O3. The van der Waals surface area contributed by atoms with Gasteiger partial charge in [-0.3, -0.25) is 4.79 Å². The van der Waals surface area contributed by atoms with Crippen LogP contribution in [-0.4, -0.2) is 17.6 Å². The molecule has 112 valence electrons. The summed E-state index contributed by atoms with van der Waals surface area (Å²) >= 11 is 0. The number of hydrogen-bond acceptors (Lipinski definition) is 4. The molecule has 1 aliphatic rings. The first-order valence-electron chi connectivity index (χ1n) is 7.55. The van der Waals surface area contributed by atoms with E-state index in [-0.39, 0.29) is 5.91 Å². The summed E-state index contributed by atoms with van der Waals surface area (Å²) in [5, 5.41) is 7.09. The zero-order valence-corrected chi connectivity index (χ0v) is 12.2. The number of furan rings is 1. The molecular weight excluding hydrogens is 268 g/mol. The highest BCUT2D eigenvalue weighted by Crippen LogP contribution is 2.48. The van der Waals surface area contributed by atoms with E-state index in [1.54, 1.807) is 12.3 Å². The van der Waals surface area contributed by atoms with Crippen LogP contribution in [0.3, 0.4) is 0 Å². The zero-order valence-electron chi connectivity index (χ0n) is 12.2. The second-order valence-electron chi connectivity index (χ2n) is 5.60. The van der Waals surface area contributed by atoms with Crippen LogP contribution in [0.25, 0.3) is 11.5 Å². The lowest BCUT2D eigenvalue weighted by Crippen LogP contribution is -2.35. The van der Waals surface area contributed by atoms with E-state index in [9.17, 15) is 4.79 Å². The quantitative estimate of drug-likeness (QED) is 0.794. The predicted octanol–water partition coefficient (Wildman–Crippen LogP) is 3.27. The Hall–Kier alpha value is -2.04. The smallest absolute Gasteiger partial charge is 0.232 e. The van der Waals surface area contributed by atoms with Gasteiger partial charge in [0.25, 0.3) is 0 Å². The number of amides is 1. The summed E-state index contributed by atoms with van der Waals surface area (Å²) in [5.74, 6) is 1.27. The van der Waals surface area contributed by atoms with Gasteiger partial charge in [0, 0.05) is 12.6 Å².